The van der Waals surface area contributed by atoms with Crippen LogP contribution in [0, 0.1) is 5.92 Å². The fraction of sp³-hybridized carbons (Fsp3) is 0.538. The van der Waals surface area contributed by atoms with Gasteiger partial charge in [0.05, 0.1) is 21.1 Å². The number of nitrogens with one attached hydrogen (secondary N) is 1. The van der Waals surface area contributed by atoms with Gasteiger partial charge in [0, 0.05) is 6.04 Å². The van der Waals surface area contributed by atoms with Crippen LogP contribution in [0.2, 0.25) is 5.02 Å². The molecule has 0 heterocycles. The van der Waals surface area contributed by atoms with Crippen LogP contribution < -0.4 is 5.32 Å². The minimum Gasteiger partial charge on any atom is -0.381 e. The first-order valence-corrected chi connectivity index (χ1v) is 7.32. The third-order valence-corrected chi connectivity index (χ3v) is 4.90. The molecule has 0 spiro atoms. The predicted molar refractivity (Wildman–Crippen MR) is 74.6 cm³/mol. The van der Waals surface area contributed by atoms with Crippen molar-refractivity contribution < 1.29 is 13.2 Å². The topological polar surface area (TPSA) is 12.0 Å². The lowest BCUT2D eigenvalue weighted by Gasteiger charge is -2.31. The van der Waals surface area contributed by atoms with E-state index in [0.717, 1.165) is 10.2 Å². The van der Waals surface area contributed by atoms with Gasteiger partial charge in [-0.3, -0.25) is 0 Å². The van der Waals surface area contributed by atoms with Gasteiger partial charge in [-0.15, -0.1) is 0 Å². The third kappa shape index (κ3) is 3.78. The van der Waals surface area contributed by atoms with E-state index in [1.807, 2.05) is 12.1 Å². The maximum absolute atomic E-state index is 12.6. The van der Waals surface area contributed by atoms with Crippen LogP contribution in [-0.4, -0.2) is 12.2 Å². The van der Waals surface area contributed by atoms with Crippen LogP contribution in [0.1, 0.15) is 25.7 Å². The molecule has 1 N–H and O–H groups in total. The second kappa shape index (κ2) is 5.92. The Morgan fingerprint density at radius 3 is 2.37 bits per heavy atom. The quantitative estimate of drug-likeness (QED) is 0.723. The standard InChI is InChI=1S/C13H14BrClF3N/c14-12-10(15)2-1-3-11(12)19-9-6-4-8(5-7-9)13(16,17)18/h1-3,8-9,19H,4-7H2. The second-order valence-corrected chi connectivity index (χ2v) is 6.04. The molecule has 1 aliphatic carbocycles. The lowest BCUT2D eigenvalue weighted by atomic mass is 9.85. The Hall–Kier alpha value is -0.420. The summed E-state index contributed by atoms with van der Waals surface area (Å²) in [6.07, 6.45) is -2.60. The van der Waals surface area contributed by atoms with Gasteiger partial charge in [-0.05, 0) is 53.7 Å². The fourth-order valence-corrected chi connectivity index (χ4v) is 2.95. The minimum atomic E-state index is -4.05. The first kappa shape index (κ1) is 15.0. The van der Waals surface area contributed by atoms with Gasteiger partial charge < -0.3 is 5.32 Å². The van der Waals surface area contributed by atoms with Crippen LogP contribution in [-0.2, 0) is 0 Å². The maximum Gasteiger partial charge on any atom is 0.391 e. The maximum atomic E-state index is 12.6. The Balaban J connectivity index is 1.94. The summed E-state index contributed by atoms with van der Waals surface area (Å²) in [5.41, 5.74) is 0.836. The Kier molecular flexibility index (Phi) is 4.66. The van der Waals surface area contributed by atoms with Crippen molar-refractivity contribution in [3.05, 3.63) is 27.7 Å². The summed E-state index contributed by atoms with van der Waals surface area (Å²) in [6, 6.07) is 5.52. The molecular weight excluding hydrogens is 343 g/mol. The van der Waals surface area contributed by atoms with E-state index < -0.39 is 12.1 Å². The average Bonchev–Trinajstić information content (AvgIpc) is 2.35. The van der Waals surface area contributed by atoms with Crippen molar-refractivity contribution in [2.24, 2.45) is 5.92 Å². The van der Waals surface area contributed by atoms with Gasteiger partial charge in [0.2, 0.25) is 0 Å². The summed E-state index contributed by atoms with van der Waals surface area (Å²) in [5.74, 6) is -1.15. The average molecular weight is 357 g/mol. The van der Waals surface area contributed by atoms with E-state index in [9.17, 15) is 13.2 Å². The molecule has 19 heavy (non-hydrogen) atoms. The molecule has 1 saturated carbocycles. The van der Waals surface area contributed by atoms with Crippen molar-refractivity contribution in [3.63, 3.8) is 0 Å². The van der Waals surface area contributed by atoms with Crippen molar-refractivity contribution >= 4 is 33.2 Å². The van der Waals surface area contributed by atoms with E-state index in [4.69, 9.17) is 11.6 Å². The highest BCUT2D eigenvalue weighted by Gasteiger charge is 2.41. The van der Waals surface area contributed by atoms with Gasteiger partial charge >= 0.3 is 6.18 Å². The van der Waals surface area contributed by atoms with Crippen molar-refractivity contribution in [1.29, 1.82) is 0 Å². The van der Waals surface area contributed by atoms with Crippen LogP contribution in [0.15, 0.2) is 22.7 Å². The van der Waals surface area contributed by atoms with Gasteiger partial charge in [0.25, 0.3) is 0 Å². The zero-order valence-electron chi connectivity index (χ0n) is 10.1. The van der Waals surface area contributed by atoms with Crippen LogP contribution in [0.5, 0.6) is 0 Å². The molecule has 0 unspecified atom stereocenters. The lowest BCUT2D eigenvalue weighted by Crippen LogP contribution is -2.32. The molecule has 2 rings (SSSR count). The smallest absolute Gasteiger partial charge is 0.381 e. The van der Waals surface area contributed by atoms with E-state index in [0.29, 0.717) is 17.9 Å². The normalized spacial score (nSPS) is 24.3. The zero-order valence-corrected chi connectivity index (χ0v) is 12.4. The Labute approximate surface area is 123 Å². The van der Waals surface area contributed by atoms with E-state index >= 15 is 0 Å². The van der Waals surface area contributed by atoms with E-state index in [2.05, 4.69) is 21.2 Å². The molecule has 0 aliphatic heterocycles. The monoisotopic (exact) mass is 355 g/mol. The van der Waals surface area contributed by atoms with Crippen molar-refractivity contribution in [3.8, 4) is 0 Å². The van der Waals surface area contributed by atoms with Gasteiger partial charge in [-0.25, -0.2) is 0 Å². The SMILES string of the molecule is FC(F)(F)C1CCC(Nc2cccc(Cl)c2Br)CC1. The number of hydrogen-bond acceptors (Lipinski definition) is 1. The van der Waals surface area contributed by atoms with E-state index in [1.165, 1.54) is 0 Å². The molecule has 1 fully saturated rings. The molecule has 1 aromatic rings. The summed E-state index contributed by atoms with van der Waals surface area (Å²) >= 11 is 9.36. The molecule has 0 aromatic heterocycles. The predicted octanol–water partition coefficient (Wildman–Crippen LogP) is 5.64. The van der Waals surface area contributed by atoms with Crippen molar-refractivity contribution in [1.82, 2.24) is 0 Å². The lowest BCUT2D eigenvalue weighted by molar-refractivity contribution is -0.182. The summed E-state index contributed by atoms with van der Waals surface area (Å²) in [6.45, 7) is 0. The number of rotatable bonds is 2. The molecule has 0 bridgehead atoms. The number of benzene rings is 1. The molecule has 0 amide bonds. The van der Waals surface area contributed by atoms with Crippen LogP contribution in [0.25, 0.3) is 0 Å². The second-order valence-electron chi connectivity index (χ2n) is 4.84. The highest BCUT2D eigenvalue weighted by molar-refractivity contribution is 9.10. The molecule has 0 saturated heterocycles. The first-order chi connectivity index (χ1) is 8.88. The summed E-state index contributed by atoms with van der Waals surface area (Å²) in [5, 5.41) is 3.85. The molecule has 0 radical (unpaired) electrons. The summed E-state index contributed by atoms with van der Waals surface area (Å²) in [7, 11) is 0. The zero-order chi connectivity index (χ0) is 14.0. The molecule has 1 aromatic carbocycles. The van der Waals surface area contributed by atoms with E-state index in [-0.39, 0.29) is 18.9 Å². The van der Waals surface area contributed by atoms with Crippen LogP contribution in [0.4, 0.5) is 18.9 Å². The fourth-order valence-electron chi connectivity index (χ4n) is 2.40. The number of halogens is 5. The van der Waals surface area contributed by atoms with Crippen LogP contribution >= 0.6 is 27.5 Å². The number of hydrogen-bond donors (Lipinski definition) is 1. The number of anilines is 1. The number of alkyl halides is 3. The third-order valence-electron chi connectivity index (χ3n) is 3.50. The largest absolute Gasteiger partial charge is 0.391 e. The molecular formula is C13H14BrClF3N. The molecule has 106 valence electrons. The van der Waals surface area contributed by atoms with Crippen LogP contribution in [0.3, 0.4) is 0 Å². The van der Waals surface area contributed by atoms with Gasteiger partial charge in [0.1, 0.15) is 0 Å². The Morgan fingerprint density at radius 1 is 1.16 bits per heavy atom. The molecule has 1 nitrogen and oxygen atoms in total. The van der Waals surface area contributed by atoms with Crippen molar-refractivity contribution in [2.75, 3.05) is 5.32 Å². The summed E-state index contributed by atoms with van der Waals surface area (Å²) in [4.78, 5) is 0. The molecule has 1 aliphatic rings. The molecule has 6 heteroatoms. The van der Waals surface area contributed by atoms with E-state index in [1.54, 1.807) is 6.07 Å². The highest BCUT2D eigenvalue weighted by Crippen LogP contribution is 2.39. The highest BCUT2D eigenvalue weighted by atomic mass is 79.9. The summed E-state index contributed by atoms with van der Waals surface area (Å²) < 4.78 is 38.5. The first-order valence-electron chi connectivity index (χ1n) is 6.15. The Bertz CT molecular complexity index is 442. The molecule has 0 atom stereocenters. The van der Waals surface area contributed by atoms with Crippen molar-refractivity contribution in [2.45, 2.75) is 37.9 Å². The minimum absolute atomic E-state index is 0.0772. The van der Waals surface area contributed by atoms with Gasteiger partial charge in [0.15, 0.2) is 0 Å². The van der Waals surface area contributed by atoms with Gasteiger partial charge in [-0.1, -0.05) is 17.7 Å². The Morgan fingerprint density at radius 2 is 1.79 bits per heavy atom. The van der Waals surface area contributed by atoms with Gasteiger partial charge in [-0.2, -0.15) is 13.2 Å².